The minimum absolute atomic E-state index is 0.0956. The monoisotopic (exact) mass is 404 g/mol. The molecule has 0 spiro atoms. The summed E-state index contributed by atoms with van der Waals surface area (Å²) in [7, 11) is 0. The quantitative estimate of drug-likeness (QED) is 0.789. The lowest BCUT2D eigenvalue weighted by atomic mass is 9.96. The summed E-state index contributed by atoms with van der Waals surface area (Å²) >= 11 is 6.74. The number of likely N-dealkylation sites (tertiary alicyclic amines) is 1. The van der Waals surface area contributed by atoms with Crippen LogP contribution in [0.25, 0.3) is 0 Å². The maximum atomic E-state index is 11.9. The van der Waals surface area contributed by atoms with Crippen molar-refractivity contribution in [1.82, 2.24) is 4.90 Å². The number of carbonyl (C=O) groups is 2. The normalized spacial score (nSPS) is 15.7. The molecule has 1 aliphatic heterocycles. The van der Waals surface area contributed by atoms with Gasteiger partial charge in [-0.25, -0.2) is 0 Å². The molecule has 0 aliphatic carbocycles. The van der Waals surface area contributed by atoms with Gasteiger partial charge in [0.25, 0.3) is 0 Å². The number of halogens is 2. The predicted octanol–water partition coefficient (Wildman–Crippen LogP) is 2.56. The minimum Gasteiger partial charge on any atom is -0.481 e. The van der Waals surface area contributed by atoms with Gasteiger partial charge in [-0.1, -0.05) is 15.9 Å². The summed E-state index contributed by atoms with van der Waals surface area (Å²) in [4.78, 5) is 24.4. The Hall–Kier alpha value is -0.920. The van der Waals surface area contributed by atoms with Gasteiger partial charge < -0.3 is 10.4 Å². The van der Waals surface area contributed by atoms with Crippen molar-refractivity contribution in [3.63, 3.8) is 0 Å². The summed E-state index contributed by atoms with van der Waals surface area (Å²) < 4.78 is 1.74. The van der Waals surface area contributed by atoms with Gasteiger partial charge in [-0.3, -0.25) is 14.5 Å². The van der Waals surface area contributed by atoms with Crippen LogP contribution in [0.15, 0.2) is 27.1 Å². The van der Waals surface area contributed by atoms with E-state index in [4.69, 9.17) is 5.11 Å². The number of anilines is 1. The Labute approximate surface area is 133 Å². The second-order valence-corrected chi connectivity index (χ2v) is 6.60. The summed E-state index contributed by atoms with van der Waals surface area (Å²) in [5, 5.41) is 11.5. The van der Waals surface area contributed by atoms with Gasteiger partial charge in [-0.05, 0) is 40.0 Å². The first-order chi connectivity index (χ1) is 9.44. The fraction of sp³-hybridized carbons (Fsp3) is 0.385. The Kier molecular flexibility index (Phi) is 5.17. The molecule has 2 rings (SSSR count). The number of amides is 1. The highest BCUT2D eigenvalue weighted by Gasteiger charge is 2.29. The number of hydrogen-bond acceptors (Lipinski definition) is 3. The number of carbonyl (C=O) groups excluding carboxylic acids is 1. The number of benzene rings is 1. The minimum atomic E-state index is -0.780. The average Bonchev–Trinajstić information content (AvgIpc) is 2.29. The zero-order chi connectivity index (χ0) is 14.7. The van der Waals surface area contributed by atoms with Gasteiger partial charge in [-0.2, -0.15) is 0 Å². The van der Waals surface area contributed by atoms with E-state index < -0.39 is 5.97 Å². The maximum absolute atomic E-state index is 11.9. The third-order valence-corrected chi connectivity index (χ3v) is 4.22. The summed E-state index contributed by atoms with van der Waals surface area (Å²) in [6, 6.07) is 5.53. The van der Waals surface area contributed by atoms with Crippen molar-refractivity contribution in [2.75, 3.05) is 25.0 Å². The Balaban J connectivity index is 1.78. The Morgan fingerprint density at radius 1 is 1.35 bits per heavy atom. The predicted molar refractivity (Wildman–Crippen MR) is 82.7 cm³/mol. The van der Waals surface area contributed by atoms with Crippen LogP contribution in [0.1, 0.15) is 6.42 Å². The van der Waals surface area contributed by atoms with Crippen LogP contribution in [0.3, 0.4) is 0 Å². The molecule has 1 amide bonds. The first kappa shape index (κ1) is 15.5. The van der Waals surface area contributed by atoms with Crippen molar-refractivity contribution in [3.05, 3.63) is 27.1 Å². The van der Waals surface area contributed by atoms with E-state index in [1.807, 2.05) is 23.1 Å². The fourth-order valence-corrected chi connectivity index (χ4v) is 3.31. The van der Waals surface area contributed by atoms with Crippen molar-refractivity contribution < 1.29 is 14.7 Å². The van der Waals surface area contributed by atoms with E-state index in [0.29, 0.717) is 19.6 Å². The van der Waals surface area contributed by atoms with E-state index in [0.717, 1.165) is 14.6 Å². The molecule has 2 N–H and O–H groups in total. The molecule has 1 fully saturated rings. The Bertz CT molecular complexity index is 530. The molecule has 20 heavy (non-hydrogen) atoms. The van der Waals surface area contributed by atoms with Gasteiger partial charge in [0.1, 0.15) is 0 Å². The molecule has 1 heterocycles. The molecule has 1 aromatic carbocycles. The van der Waals surface area contributed by atoms with Crippen LogP contribution in [0, 0.1) is 5.92 Å². The largest absolute Gasteiger partial charge is 0.481 e. The van der Waals surface area contributed by atoms with Crippen molar-refractivity contribution in [2.24, 2.45) is 5.92 Å². The Morgan fingerprint density at radius 3 is 2.65 bits per heavy atom. The third kappa shape index (κ3) is 4.29. The van der Waals surface area contributed by atoms with Crippen LogP contribution in [-0.4, -0.2) is 41.5 Å². The summed E-state index contributed by atoms with van der Waals surface area (Å²) in [6.07, 6.45) is 0.177. The number of carboxylic acid groups (broad SMARTS) is 1. The number of nitrogens with zero attached hydrogens (tertiary/aromatic N) is 1. The maximum Gasteiger partial charge on any atom is 0.303 e. The topological polar surface area (TPSA) is 69.6 Å². The molecular weight excluding hydrogens is 392 g/mol. The summed E-state index contributed by atoms with van der Waals surface area (Å²) in [5.74, 6) is -0.709. The zero-order valence-electron chi connectivity index (χ0n) is 10.6. The summed E-state index contributed by atoms with van der Waals surface area (Å²) in [5.41, 5.74) is 0.723. The molecule has 108 valence electrons. The van der Waals surface area contributed by atoms with E-state index in [1.54, 1.807) is 0 Å². The SMILES string of the molecule is O=C(O)CC1CN(CC(=O)Nc2ccc(Br)cc2Br)C1. The number of nitrogens with one attached hydrogen (secondary N) is 1. The van der Waals surface area contributed by atoms with Crippen molar-refractivity contribution in [3.8, 4) is 0 Å². The van der Waals surface area contributed by atoms with Gasteiger partial charge in [0, 0.05) is 22.0 Å². The van der Waals surface area contributed by atoms with Crippen molar-refractivity contribution >= 4 is 49.4 Å². The van der Waals surface area contributed by atoms with Crippen LogP contribution in [0.2, 0.25) is 0 Å². The first-order valence-corrected chi connectivity index (χ1v) is 7.71. The Morgan fingerprint density at radius 2 is 2.05 bits per heavy atom. The molecule has 0 atom stereocenters. The van der Waals surface area contributed by atoms with Crippen LogP contribution in [0.5, 0.6) is 0 Å². The van der Waals surface area contributed by atoms with Gasteiger partial charge in [0.15, 0.2) is 0 Å². The van der Waals surface area contributed by atoms with Gasteiger partial charge in [0.2, 0.25) is 5.91 Å². The molecule has 1 aliphatic rings. The molecule has 5 nitrogen and oxygen atoms in total. The highest BCUT2D eigenvalue weighted by molar-refractivity contribution is 9.11. The molecule has 0 bridgehead atoms. The standard InChI is InChI=1S/C13H14Br2N2O3/c14-9-1-2-11(10(15)4-9)16-12(18)7-17-5-8(6-17)3-13(19)20/h1-2,4,8H,3,5-7H2,(H,16,18)(H,19,20). The van der Waals surface area contributed by atoms with Crippen LogP contribution in [-0.2, 0) is 9.59 Å². The second-order valence-electron chi connectivity index (χ2n) is 4.83. The van der Waals surface area contributed by atoms with Gasteiger partial charge in [-0.15, -0.1) is 0 Å². The summed E-state index contributed by atoms with van der Waals surface area (Å²) in [6.45, 7) is 1.63. The lowest BCUT2D eigenvalue weighted by Crippen LogP contribution is -2.50. The number of hydrogen-bond donors (Lipinski definition) is 2. The van der Waals surface area contributed by atoms with E-state index in [2.05, 4.69) is 37.2 Å². The molecule has 1 saturated heterocycles. The smallest absolute Gasteiger partial charge is 0.303 e. The number of rotatable bonds is 5. The highest BCUT2D eigenvalue weighted by atomic mass is 79.9. The third-order valence-electron chi connectivity index (χ3n) is 3.07. The van der Waals surface area contributed by atoms with Crippen molar-refractivity contribution in [2.45, 2.75) is 6.42 Å². The molecule has 0 aromatic heterocycles. The average molecular weight is 406 g/mol. The highest BCUT2D eigenvalue weighted by Crippen LogP contribution is 2.26. The van der Waals surface area contributed by atoms with E-state index in [-0.39, 0.29) is 18.2 Å². The second kappa shape index (κ2) is 6.69. The fourth-order valence-electron chi connectivity index (χ4n) is 2.17. The zero-order valence-corrected chi connectivity index (χ0v) is 13.8. The number of carboxylic acids is 1. The van der Waals surface area contributed by atoms with Crippen LogP contribution >= 0.6 is 31.9 Å². The van der Waals surface area contributed by atoms with E-state index in [9.17, 15) is 9.59 Å². The molecule has 0 radical (unpaired) electrons. The van der Waals surface area contributed by atoms with Crippen LogP contribution in [0.4, 0.5) is 5.69 Å². The van der Waals surface area contributed by atoms with Gasteiger partial charge >= 0.3 is 5.97 Å². The molecular formula is C13H14Br2N2O3. The lowest BCUT2D eigenvalue weighted by molar-refractivity contribution is -0.139. The molecule has 7 heteroatoms. The number of aliphatic carboxylic acids is 1. The van der Waals surface area contributed by atoms with Crippen LogP contribution < -0.4 is 5.32 Å². The first-order valence-electron chi connectivity index (χ1n) is 6.13. The molecule has 1 aromatic rings. The van der Waals surface area contributed by atoms with Crippen molar-refractivity contribution in [1.29, 1.82) is 0 Å². The van der Waals surface area contributed by atoms with E-state index >= 15 is 0 Å². The van der Waals surface area contributed by atoms with Gasteiger partial charge in [0.05, 0.1) is 18.7 Å². The molecule has 0 saturated carbocycles. The molecule has 0 unspecified atom stereocenters. The van der Waals surface area contributed by atoms with E-state index in [1.165, 1.54) is 0 Å². The lowest BCUT2D eigenvalue weighted by Gasteiger charge is -2.37.